The topological polar surface area (TPSA) is 97.6 Å². The van der Waals surface area contributed by atoms with Crippen LogP contribution in [-0.2, 0) is 11.3 Å². The van der Waals surface area contributed by atoms with E-state index in [0.29, 0.717) is 35.7 Å². The third kappa shape index (κ3) is 4.66. The molecule has 2 aromatic carbocycles. The molecule has 0 saturated heterocycles. The summed E-state index contributed by atoms with van der Waals surface area (Å²) >= 11 is 0. The zero-order valence-corrected chi connectivity index (χ0v) is 18.0. The van der Waals surface area contributed by atoms with Crippen LogP contribution >= 0.6 is 0 Å². The molecule has 0 spiro atoms. The van der Waals surface area contributed by atoms with Gasteiger partial charge in [0.2, 0.25) is 5.91 Å². The van der Waals surface area contributed by atoms with Gasteiger partial charge in [-0.3, -0.25) is 9.59 Å². The van der Waals surface area contributed by atoms with Crippen molar-refractivity contribution in [1.82, 2.24) is 4.57 Å². The van der Waals surface area contributed by atoms with Crippen molar-refractivity contribution >= 4 is 28.5 Å². The fourth-order valence-corrected chi connectivity index (χ4v) is 4.41. The van der Waals surface area contributed by atoms with E-state index in [2.05, 4.69) is 5.32 Å². The van der Waals surface area contributed by atoms with E-state index in [4.69, 9.17) is 4.74 Å². The average molecular weight is 434 g/mol. The van der Waals surface area contributed by atoms with E-state index in [0.717, 1.165) is 23.9 Å². The Kier molecular flexibility index (Phi) is 6.25. The number of aromatic nitrogens is 1. The van der Waals surface area contributed by atoms with Crippen LogP contribution < -0.4 is 15.5 Å². The zero-order chi connectivity index (χ0) is 22.7. The second-order valence-corrected chi connectivity index (χ2v) is 8.27. The molecule has 1 aromatic heterocycles. The molecular weight excluding hydrogens is 408 g/mol. The van der Waals surface area contributed by atoms with E-state index in [9.17, 15) is 19.5 Å². The minimum Gasteiger partial charge on any atom is -0.496 e. The van der Waals surface area contributed by atoms with Gasteiger partial charge in [-0.05, 0) is 49.1 Å². The molecule has 7 nitrogen and oxygen atoms in total. The number of amides is 1. The molecule has 1 aliphatic rings. The lowest BCUT2D eigenvalue weighted by Gasteiger charge is -2.15. The number of fused-ring (bicyclic) bond motifs is 1. The molecule has 0 bridgehead atoms. The Morgan fingerprint density at radius 2 is 1.91 bits per heavy atom. The van der Waals surface area contributed by atoms with Crippen LogP contribution in [0, 0.1) is 5.92 Å². The van der Waals surface area contributed by atoms with Crippen LogP contribution in [0.15, 0.2) is 53.5 Å². The lowest BCUT2D eigenvalue weighted by atomic mass is 10.0. The first-order valence-electron chi connectivity index (χ1n) is 10.8. The third-order valence-corrected chi connectivity index (χ3v) is 6.08. The number of benzene rings is 2. The van der Waals surface area contributed by atoms with Crippen LogP contribution in [0.1, 0.15) is 48.0 Å². The number of hydrogen-bond acceptors (Lipinski definition) is 4. The van der Waals surface area contributed by atoms with Crippen LogP contribution in [0.2, 0.25) is 0 Å². The number of carbonyl (C=O) groups is 2. The number of nitrogens with zero attached hydrogens (tertiary/aromatic N) is 1. The molecule has 0 atom stereocenters. The van der Waals surface area contributed by atoms with Gasteiger partial charge >= 0.3 is 5.97 Å². The SMILES string of the molecule is COc1cc(C(=O)O)ccc1Cn1ccc(=O)c2cc(NC(=O)CC3CCCC3)ccc21. The maximum atomic E-state index is 12.5. The zero-order valence-electron chi connectivity index (χ0n) is 18.0. The van der Waals surface area contributed by atoms with E-state index in [1.807, 2.05) is 10.6 Å². The molecule has 32 heavy (non-hydrogen) atoms. The molecule has 7 heteroatoms. The molecule has 0 unspecified atom stereocenters. The Bertz CT molecular complexity index is 1220. The first-order chi connectivity index (χ1) is 15.4. The Balaban J connectivity index is 1.60. The number of carbonyl (C=O) groups excluding carboxylic acids is 1. The normalized spacial score (nSPS) is 13.9. The van der Waals surface area contributed by atoms with Crippen molar-refractivity contribution in [2.75, 3.05) is 12.4 Å². The van der Waals surface area contributed by atoms with Gasteiger partial charge in [0.05, 0.1) is 24.7 Å². The largest absolute Gasteiger partial charge is 0.496 e. The molecule has 166 valence electrons. The van der Waals surface area contributed by atoms with Crippen molar-refractivity contribution in [3.8, 4) is 5.75 Å². The quantitative estimate of drug-likeness (QED) is 0.579. The third-order valence-electron chi connectivity index (χ3n) is 6.08. The highest BCUT2D eigenvalue weighted by molar-refractivity contribution is 5.94. The molecular formula is C25H26N2O5. The highest BCUT2D eigenvalue weighted by atomic mass is 16.5. The summed E-state index contributed by atoms with van der Waals surface area (Å²) in [7, 11) is 1.49. The maximum Gasteiger partial charge on any atom is 0.335 e. The first kappa shape index (κ1) is 21.6. The monoisotopic (exact) mass is 434 g/mol. The van der Waals surface area contributed by atoms with Gasteiger partial charge in [0.1, 0.15) is 5.75 Å². The molecule has 1 saturated carbocycles. The number of anilines is 1. The van der Waals surface area contributed by atoms with Gasteiger partial charge in [-0.15, -0.1) is 0 Å². The molecule has 1 amide bonds. The summed E-state index contributed by atoms with van der Waals surface area (Å²) in [6.45, 7) is 0.396. The summed E-state index contributed by atoms with van der Waals surface area (Å²) in [6, 6.07) is 11.6. The molecule has 1 aliphatic carbocycles. The predicted molar refractivity (Wildman–Crippen MR) is 122 cm³/mol. The summed E-state index contributed by atoms with van der Waals surface area (Å²) in [5.74, 6) is -0.121. The molecule has 0 aliphatic heterocycles. The van der Waals surface area contributed by atoms with Crippen molar-refractivity contribution in [3.05, 3.63) is 70.0 Å². The van der Waals surface area contributed by atoms with Crippen LogP contribution in [0.4, 0.5) is 5.69 Å². The highest BCUT2D eigenvalue weighted by Gasteiger charge is 2.18. The first-order valence-corrected chi connectivity index (χ1v) is 10.8. The minimum absolute atomic E-state index is 0.0178. The number of nitrogens with one attached hydrogen (secondary N) is 1. The van der Waals surface area contributed by atoms with Gasteiger partial charge in [-0.2, -0.15) is 0 Å². The number of hydrogen-bond donors (Lipinski definition) is 2. The Morgan fingerprint density at radius 1 is 1.12 bits per heavy atom. The highest BCUT2D eigenvalue weighted by Crippen LogP contribution is 2.28. The second-order valence-electron chi connectivity index (χ2n) is 8.27. The minimum atomic E-state index is -1.02. The second kappa shape index (κ2) is 9.26. The van der Waals surface area contributed by atoms with E-state index in [1.165, 1.54) is 38.2 Å². The Hall–Kier alpha value is -3.61. The lowest BCUT2D eigenvalue weighted by molar-refractivity contribution is -0.117. The van der Waals surface area contributed by atoms with Crippen molar-refractivity contribution in [1.29, 1.82) is 0 Å². The Morgan fingerprint density at radius 3 is 2.62 bits per heavy atom. The van der Waals surface area contributed by atoms with Crippen molar-refractivity contribution in [3.63, 3.8) is 0 Å². The van der Waals surface area contributed by atoms with Crippen LogP contribution in [0.25, 0.3) is 10.9 Å². The molecule has 1 fully saturated rings. The fourth-order valence-electron chi connectivity index (χ4n) is 4.41. The fraction of sp³-hybridized carbons (Fsp3) is 0.320. The van der Waals surface area contributed by atoms with Gasteiger partial charge in [0, 0.05) is 35.3 Å². The summed E-state index contributed by atoms with van der Waals surface area (Å²) in [6.07, 6.45) is 6.81. The number of carboxylic acids is 1. The average Bonchev–Trinajstić information content (AvgIpc) is 3.28. The number of aromatic carboxylic acids is 1. The van der Waals surface area contributed by atoms with E-state index in [1.54, 1.807) is 24.4 Å². The molecule has 4 rings (SSSR count). The van der Waals surface area contributed by atoms with Gasteiger partial charge in [0.25, 0.3) is 0 Å². The number of ether oxygens (including phenoxy) is 1. The van der Waals surface area contributed by atoms with E-state index in [-0.39, 0.29) is 16.9 Å². The molecule has 3 aromatic rings. The van der Waals surface area contributed by atoms with Gasteiger partial charge in [0.15, 0.2) is 5.43 Å². The van der Waals surface area contributed by atoms with Crippen molar-refractivity contribution in [2.45, 2.75) is 38.6 Å². The van der Waals surface area contributed by atoms with Gasteiger partial charge in [-0.1, -0.05) is 18.9 Å². The smallest absolute Gasteiger partial charge is 0.335 e. The summed E-state index contributed by atoms with van der Waals surface area (Å²) in [5.41, 5.74) is 2.13. The van der Waals surface area contributed by atoms with Crippen molar-refractivity contribution in [2.24, 2.45) is 5.92 Å². The van der Waals surface area contributed by atoms with Crippen LogP contribution in [0.3, 0.4) is 0 Å². The number of rotatable bonds is 7. The summed E-state index contributed by atoms with van der Waals surface area (Å²) < 4.78 is 7.28. The predicted octanol–water partition coefficient (Wildman–Crippen LogP) is 4.28. The number of carboxylic acid groups (broad SMARTS) is 1. The van der Waals surface area contributed by atoms with E-state index >= 15 is 0 Å². The van der Waals surface area contributed by atoms with E-state index < -0.39 is 5.97 Å². The van der Waals surface area contributed by atoms with Crippen LogP contribution in [0.5, 0.6) is 5.75 Å². The molecule has 0 radical (unpaired) electrons. The standard InChI is InChI=1S/C25H26N2O5/c1-32-23-13-17(25(30)31)6-7-18(23)15-27-11-10-22(28)20-14-19(8-9-21(20)27)26-24(29)12-16-4-2-3-5-16/h6-11,13-14,16H,2-5,12,15H2,1H3,(H,26,29)(H,30,31). The Labute approximate surface area is 185 Å². The van der Waals surface area contributed by atoms with Crippen LogP contribution in [-0.4, -0.2) is 28.7 Å². The molecule has 2 N–H and O–H groups in total. The summed E-state index contributed by atoms with van der Waals surface area (Å²) in [4.78, 5) is 36.2. The molecule has 1 heterocycles. The lowest BCUT2D eigenvalue weighted by Crippen LogP contribution is -2.16. The number of pyridine rings is 1. The van der Waals surface area contributed by atoms with Gasteiger partial charge in [-0.25, -0.2) is 4.79 Å². The van der Waals surface area contributed by atoms with Crippen molar-refractivity contribution < 1.29 is 19.4 Å². The van der Waals surface area contributed by atoms with Gasteiger partial charge < -0.3 is 19.7 Å². The maximum absolute atomic E-state index is 12.5. The number of methoxy groups -OCH3 is 1. The summed E-state index contributed by atoms with van der Waals surface area (Å²) in [5, 5.41) is 12.6.